The van der Waals surface area contributed by atoms with Crippen LogP contribution in [0, 0.1) is 18.3 Å². The van der Waals surface area contributed by atoms with Crippen molar-refractivity contribution >= 4 is 17.5 Å². The Labute approximate surface area is 147 Å². The largest absolute Gasteiger partial charge is 0.329 e. The Hall–Kier alpha value is -3.13. The molecule has 0 heterocycles. The standard InChI is InChI=1S/C20H21N3O2/c1-13-8-9-18(11-16(13)12-21)22-19(25)23-20(3,4)17-7-5-6-15(10-17)14(2)24/h5-11H,1-4H3,(H2,22,23,25). The molecule has 5 heteroatoms. The van der Waals surface area contributed by atoms with E-state index in [-0.39, 0.29) is 11.8 Å². The molecule has 2 amide bonds. The van der Waals surface area contributed by atoms with Crippen LogP contribution in [0.4, 0.5) is 10.5 Å². The molecule has 2 rings (SSSR count). The third-order valence-corrected chi connectivity index (χ3v) is 4.03. The minimum absolute atomic E-state index is 0.0224. The van der Waals surface area contributed by atoms with Crippen molar-refractivity contribution in [2.24, 2.45) is 0 Å². The summed E-state index contributed by atoms with van der Waals surface area (Å²) in [6, 6.07) is 14.1. The fourth-order valence-electron chi connectivity index (χ4n) is 2.47. The fourth-order valence-corrected chi connectivity index (χ4v) is 2.47. The third kappa shape index (κ3) is 4.45. The van der Waals surface area contributed by atoms with Crippen molar-refractivity contribution in [1.29, 1.82) is 5.26 Å². The number of amides is 2. The van der Waals surface area contributed by atoms with Gasteiger partial charge in [-0.15, -0.1) is 0 Å². The number of nitriles is 1. The first-order chi connectivity index (χ1) is 11.7. The van der Waals surface area contributed by atoms with Crippen LogP contribution in [0.15, 0.2) is 42.5 Å². The molecule has 0 unspecified atom stereocenters. The predicted octanol–water partition coefficient (Wildman–Crippen LogP) is 4.13. The molecule has 2 aromatic rings. The summed E-state index contributed by atoms with van der Waals surface area (Å²) in [4.78, 5) is 23.9. The first kappa shape index (κ1) is 18.2. The van der Waals surface area contributed by atoms with E-state index in [1.54, 1.807) is 36.4 Å². The third-order valence-electron chi connectivity index (χ3n) is 4.03. The second-order valence-electron chi connectivity index (χ2n) is 6.48. The highest BCUT2D eigenvalue weighted by molar-refractivity contribution is 5.94. The van der Waals surface area contributed by atoms with Crippen molar-refractivity contribution in [3.63, 3.8) is 0 Å². The number of Topliss-reactive ketones (excluding diaryl/α,β-unsaturated/α-hetero) is 1. The normalized spacial score (nSPS) is 10.7. The number of benzene rings is 2. The lowest BCUT2D eigenvalue weighted by Crippen LogP contribution is -2.43. The average molecular weight is 335 g/mol. The molecule has 0 spiro atoms. The smallest absolute Gasteiger partial charge is 0.319 e. The second-order valence-corrected chi connectivity index (χ2v) is 6.48. The molecule has 0 radical (unpaired) electrons. The van der Waals surface area contributed by atoms with Gasteiger partial charge >= 0.3 is 6.03 Å². The van der Waals surface area contributed by atoms with Crippen LogP contribution < -0.4 is 10.6 Å². The van der Waals surface area contributed by atoms with Gasteiger partial charge in [0.15, 0.2) is 5.78 Å². The van der Waals surface area contributed by atoms with Gasteiger partial charge in [-0.1, -0.05) is 24.3 Å². The number of ketones is 1. The molecular weight excluding hydrogens is 314 g/mol. The lowest BCUT2D eigenvalue weighted by molar-refractivity contribution is 0.101. The molecule has 2 aromatic carbocycles. The van der Waals surface area contributed by atoms with Crippen LogP contribution in [-0.2, 0) is 5.54 Å². The average Bonchev–Trinajstić information content (AvgIpc) is 2.56. The van der Waals surface area contributed by atoms with Crippen LogP contribution in [0.3, 0.4) is 0 Å². The molecule has 0 atom stereocenters. The van der Waals surface area contributed by atoms with Gasteiger partial charge in [-0.25, -0.2) is 4.79 Å². The van der Waals surface area contributed by atoms with E-state index in [2.05, 4.69) is 16.7 Å². The lowest BCUT2D eigenvalue weighted by atomic mass is 9.92. The molecule has 0 fully saturated rings. The summed E-state index contributed by atoms with van der Waals surface area (Å²) in [5.41, 5.74) is 2.69. The summed E-state index contributed by atoms with van der Waals surface area (Å²) in [7, 11) is 0. The van der Waals surface area contributed by atoms with Gasteiger partial charge < -0.3 is 10.6 Å². The Morgan fingerprint density at radius 2 is 1.84 bits per heavy atom. The predicted molar refractivity (Wildman–Crippen MR) is 97.5 cm³/mol. The Kier molecular flexibility index (Phi) is 5.23. The molecule has 0 aromatic heterocycles. The van der Waals surface area contributed by atoms with Crippen molar-refractivity contribution in [1.82, 2.24) is 5.32 Å². The molecule has 0 saturated carbocycles. The molecule has 2 N–H and O–H groups in total. The van der Waals surface area contributed by atoms with Gasteiger partial charge in [0.05, 0.1) is 17.2 Å². The van der Waals surface area contributed by atoms with Crippen molar-refractivity contribution < 1.29 is 9.59 Å². The summed E-state index contributed by atoms with van der Waals surface area (Å²) < 4.78 is 0. The first-order valence-electron chi connectivity index (χ1n) is 7.94. The molecule has 0 aliphatic rings. The van der Waals surface area contributed by atoms with Crippen LogP contribution in [0.5, 0.6) is 0 Å². The second kappa shape index (κ2) is 7.18. The maximum atomic E-state index is 12.3. The van der Waals surface area contributed by atoms with E-state index in [0.29, 0.717) is 16.8 Å². The summed E-state index contributed by atoms with van der Waals surface area (Å²) >= 11 is 0. The zero-order valence-electron chi connectivity index (χ0n) is 14.8. The van der Waals surface area contributed by atoms with E-state index in [1.165, 1.54) is 6.92 Å². The number of carbonyl (C=O) groups is 2. The van der Waals surface area contributed by atoms with E-state index in [0.717, 1.165) is 11.1 Å². The fraction of sp³-hybridized carbons (Fsp3) is 0.250. The van der Waals surface area contributed by atoms with E-state index in [4.69, 9.17) is 5.26 Å². The maximum absolute atomic E-state index is 12.3. The Balaban J connectivity index is 2.15. The van der Waals surface area contributed by atoms with E-state index in [1.807, 2.05) is 26.8 Å². The highest BCUT2D eigenvalue weighted by atomic mass is 16.2. The molecule has 0 saturated heterocycles. The van der Waals surface area contributed by atoms with Crippen molar-refractivity contribution in [2.75, 3.05) is 5.32 Å². The summed E-state index contributed by atoms with van der Waals surface area (Å²) in [6.07, 6.45) is 0. The van der Waals surface area contributed by atoms with Gasteiger partial charge in [0.1, 0.15) is 0 Å². The minimum Gasteiger partial charge on any atom is -0.329 e. The topological polar surface area (TPSA) is 82.0 Å². The number of rotatable bonds is 4. The number of hydrogen-bond donors (Lipinski definition) is 2. The number of nitrogens with zero attached hydrogens (tertiary/aromatic N) is 1. The zero-order chi connectivity index (χ0) is 18.6. The van der Waals surface area contributed by atoms with Gasteiger partial charge in [0.2, 0.25) is 0 Å². The molecule has 0 aliphatic heterocycles. The highest BCUT2D eigenvalue weighted by Gasteiger charge is 2.23. The van der Waals surface area contributed by atoms with E-state index < -0.39 is 5.54 Å². The van der Waals surface area contributed by atoms with Gasteiger partial charge in [-0.3, -0.25) is 4.79 Å². The van der Waals surface area contributed by atoms with Crippen LogP contribution in [0.2, 0.25) is 0 Å². The summed E-state index contributed by atoms with van der Waals surface area (Å²) in [5, 5.41) is 14.7. The van der Waals surface area contributed by atoms with Crippen molar-refractivity contribution in [3.05, 3.63) is 64.7 Å². The quantitative estimate of drug-likeness (QED) is 0.824. The Morgan fingerprint density at radius 3 is 2.48 bits per heavy atom. The molecule has 0 aliphatic carbocycles. The maximum Gasteiger partial charge on any atom is 0.319 e. The van der Waals surface area contributed by atoms with Crippen LogP contribution >= 0.6 is 0 Å². The highest BCUT2D eigenvalue weighted by Crippen LogP contribution is 2.22. The summed E-state index contributed by atoms with van der Waals surface area (Å²) in [6.45, 7) is 7.08. The number of aryl methyl sites for hydroxylation is 1. The number of anilines is 1. The Bertz CT molecular complexity index is 863. The monoisotopic (exact) mass is 335 g/mol. The number of hydrogen-bond acceptors (Lipinski definition) is 3. The van der Waals surface area contributed by atoms with Crippen LogP contribution in [0.1, 0.15) is 47.8 Å². The van der Waals surface area contributed by atoms with Crippen molar-refractivity contribution in [3.8, 4) is 6.07 Å². The number of nitrogens with one attached hydrogen (secondary N) is 2. The molecule has 5 nitrogen and oxygen atoms in total. The number of carbonyl (C=O) groups excluding carboxylic acids is 2. The van der Waals surface area contributed by atoms with E-state index in [9.17, 15) is 9.59 Å². The Morgan fingerprint density at radius 1 is 1.12 bits per heavy atom. The van der Waals surface area contributed by atoms with Gasteiger partial charge in [0, 0.05) is 11.3 Å². The first-order valence-corrected chi connectivity index (χ1v) is 7.94. The van der Waals surface area contributed by atoms with E-state index >= 15 is 0 Å². The van der Waals surface area contributed by atoms with Gasteiger partial charge in [-0.05, 0) is 57.0 Å². The van der Waals surface area contributed by atoms with Crippen molar-refractivity contribution in [2.45, 2.75) is 33.2 Å². The summed E-state index contributed by atoms with van der Waals surface area (Å²) in [5.74, 6) is -0.0224. The lowest BCUT2D eigenvalue weighted by Gasteiger charge is -2.27. The number of urea groups is 1. The zero-order valence-corrected chi connectivity index (χ0v) is 14.8. The van der Waals surface area contributed by atoms with Crippen LogP contribution in [0.25, 0.3) is 0 Å². The van der Waals surface area contributed by atoms with Gasteiger partial charge in [-0.2, -0.15) is 5.26 Å². The van der Waals surface area contributed by atoms with Crippen LogP contribution in [-0.4, -0.2) is 11.8 Å². The molecular formula is C20H21N3O2. The molecule has 25 heavy (non-hydrogen) atoms. The molecule has 128 valence electrons. The molecule has 0 bridgehead atoms. The van der Waals surface area contributed by atoms with Gasteiger partial charge in [0.25, 0.3) is 0 Å². The minimum atomic E-state index is -0.668. The SMILES string of the molecule is CC(=O)c1cccc(C(C)(C)NC(=O)Nc2ccc(C)c(C#N)c2)c1.